The highest BCUT2D eigenvalue weighted by molar-refractivity contribution is 7.11. The van der Waals surface area contributed by atoms with Crippen molar-refractivity contribution >= 4 is 34.4 Å². The van der Waals surface area contributed by atoms with Gasteiger partial charge in [-0.3, -0.25) is 14.5 Å². The van der Waals surface area contributed by atoms with Crippen LogP contribution in [0.15, 0.2) is 59.6 Å². The second kappa shape index (κ2) is 9.01. The molecule has 4 rings (SSSR count). The van der Waals surface area contributed by atoms with Crippen molar-refractivity contribution < 1.29 is 14.3 Å². The van der Waals surface area contributed by atoms with Crippen LogP contribution in [-0.2, 0) is 9.59 Å². The first-order valence-corrected chi connectivity index (χ1v) is 11.4. The first kappa shape index (κ1) is 21.8. The molecule has 2 amide bonds. The largest absolute Gasteiger partial charge is 0.492 e. The fourth-order valence-electron chi connectivity index (χ4n) is 3.84. The first-order chi connectivity index (χ1) is 15.3. The molecule has 2 aromatic carbocycles. The summed E-state index contributed by atoms with van der Waals surface area (Å²) in [6.45, 7) is 8.45. The van der Waals surface area contributed by atoms with Crippen LogP contribution in [0.2, 0.25) is 0 Å². The van der Waals surface area contributed by atoms with Gasteiger partial charge in [0, 0.05) is 10.6 Å². The summed E-state index contributed by atoms with van der Waals surface area (Å²) in [4.78, 5) is 28.6. The molecular weight excluding hydrogens is 420 g/mol. The van der Waals surface area contributed by atoms with Crippen molar-refractivity contribution in [2.45, 2.75) is 27.7 Å². The Hall–Kier alpha value is -3.38. The van der Waals surface area contributed by atoms with E-state index in [2.05, 4.69) is 11.4 Å². The highest BCUT2D eigenvalue weighted by atomic mass is 32.1. The van der Waals surface area contributed by atoms with Crippen LogP contribution < -0.4 is 10.1 Å². The number of nitrogens with one attached hydrogen (secondary N) is 1. The summed E-state index contributed by atoms with van der Waals surface area (Å²) in [6, 6.07) is 15.6. The zero-order valence-corrected chi connectivity index (χ0v) is 19.5. The van der Waals surface area contributed by atoms with Crippen LogP contribution in [0.25, 0.3) is 5.57 Å². The van der Waals surface area contributed by atoms with E-state index in [-0.39, 0.29) is 25.0 Å². The molecular formula is C26H26N2O3S. The quantitative estimate of drug-likeness (QED) is 0.504. The predicted octanol–water partition coefficient (Wildman–Crippen LogP) is 5.25. The summed E-state index contributed by atoms with van der Waals surface area (Å²) in [5.41, 5.74) is 5.93. The molecule has 1 aromatic heterocycles. The lowest BCUT2D eigenvalue weighted by Crippen LogP contribution is -2.36. The van der Waals surface area contributed by atoms with E-state index in [0.29, 0.717) is 11.3 Å². The van der Waals surface area contributed by atoms with Crippen molar-refractivity contribution in [3.63, 3.8) is 0 Å². The molecule has 5 nitrogen and oxygen atoms in total. The number of carbonyl (C=O) groups is 2. The van der Waals surface area contributed by atoms with E-state index in [9.17, 15) is 9.59 Å². The average Bonchev–Trinajstić information content (AvgIpc) is 3.33. The van der Waals surface area contributed by atoms with Crippen LogP contribution in [-0.4, -0.2) is 29.9 Å². The Bertz CT molecular complexity index is 1190. The fourth-order valence-corrected chi connectivity index (χ4v) is 4.60. The molecule has 0 atom stereocenters. The van der Waals surface area contributed by atoms with Crippen molar-refractivity contribution in [1.82, 2.24) is 4.90 Å². The number of amides is 2. The molecule has 0 fully saturated rings. The van der Waals surface area contributed by atoms with E-state index >= 15 is 0 Å². The number of benzene rings is 2. The Kier molecular flexibility index (Phi) is 6.15. The third kappa shape index (κ3) is 4.32. The molecule has 0 saturated heterocycles. The first-order valence-electron chi connectivity index (χ1n) is 10.5. The molecule has 0 aliphatic carbocycles. The topological polar surface area (TPSA) is 58.6 Å². The number of hydrogen-bond donors (Lipinski definition) is 1. The lowest BCUT2D eigenvalue weighted by atomic mass is 10.1. The highest BCUT2D eigenvalue weighted by Gasteiger charge is 2.39. The van der Waals surface area contributed by atoms with E-state index < -0.39 is 0 Å². The van der Waals surface area contributed by atoms with Gasteiger partial charge in [-0.2, -0.15) is 0 Å². The van der Waals surface area contributed by atoms with Gasteiger partial charge in [-0.1, -0.05) is 24.3 Å². The Morgan fingerprint density at radius 1 is 0.938 bits per heavy atom. The SMILES string of the molecule is Cc1cc(C)cc(OCCN2C(=O)C(Nc3cccc(C)c3C)=C(c3cccs3)C2=O)c1. The summed E-state index contributed by atoms with van der Waals surface area (Å²) in [5.74, 6) is 0.111. The number of hydrogen-bond acceptors (Lipinski definition) is 5. The van der Waals surface area contributed by atoms with E-state index in [1.807, 2.05) is 75.5 Å². The van der Waals surface area contributed by atoms with Gasteiger partial charge >= 0.3 is 0 Å². The van der Waals surface area contributed by atoms with Gasteiger partial charge in [-0.25, -0.2) is 0 Å². The van der Waals surface area contributed by atoms with Gasteiger partial charge in [0.25, 0.3) is 11.8 Å². The fraction of sp³-hybridized carbons (Fsp3) is 0.231. The summed E-state index contributed by atoms with van der Waals surface area (Å²) in [5, 5.41) is 5.16. The molecule has 32 heavy (non-hydrogen) atoms. The number of rotatable bonds is 7. The van der Waals surface area contributed by atoms with Gasteiger partial charge in [-0.15, -0.1) is 11.3 Å². The van der Waals surface area contributed by atoms with E-state index in [1.165, 1.54) is 16.2 Å². The number of nitrogens with zero attached hydrogens (tertiary/aromatic N) is 1. The standard InChI is InChI=1S/C26H26N2O3S/c1-16-13-17(2)15-20(14-16)31-11-10-28-25(29)23(22-9-6-12-32-22)24(26(28)30)27-21-8-5-7-18(3)19(21)4/h5-9,12-15,27H,10-11H2,1-4H3. The maximum atomic E-state index is 13.3. The number of ether oxygens (including phenoxy) is 1. The average molecular weight is 447 g/mol. The second-order valence-corrected chi connectivity index (χ2v) is 8.98. The molecule has 1 aliphatic rings. The molecule has 3 aromatic rings. The van der Waals surface area contributed by atoms with Crippen LogP contribution in [0.3, 0.4) is 0 Å². The number of anilines is 1. The number of aryl methyl sites for hydroxylation is 3. The summed E-state index contributed by atoms with van der Waals surface area (Å²) in [7, 11) is 0. The second-order valence-electron chi connectivity index (χ2n) is 8.03. The molecule has 1 N–H and O–H groups in total. The van der Waals surface area contributed by atoms with Gasteiger partial charge in [-0.05, 0) is 79.6 Å². The molecule has 2 heterocycles. The molecule has 6 heteroatoms. The lowest BCUT2D eigenvalue weighted by molar-refractivity contribution is -0.137. The molecule has 0 unspecified atom stereocenters. The van der Waals surface area contributed by atoms with E-state index in [0.717, 1.165) is 38.6 Å². The van der Waals surface area contributed by atoms with Crippen molar-refractivity contribution in [3.05, 3.63) is 86.7 Å². The Balaban J connectivity index is 1.57. The Morgan fingerprint density at radius 2 is 1.69 bits per heavy atom. The zero-order chi connectivity index (χ0) is 22.8. The third-order valence-electron chi connectivity index (χ3n) is 5.58. The molecule has 0 bridgehead atoms. The number of carbonyl (C=O) groups excluding carboxylic acids is 2. The minimum Gasteiger partial charge on any atom is -0.492 e. The Labute approximate surface area is 192 Å². The highest BCUT2D eigenvalue weighted by Crippen LogP contribution is 2.33. The number of imide groups is 1. The maximum absolute atomic E-state index is 13.3. The summed E-state index contributed by atoms with van der Waals surface area (Å²) >= 11 is 1.44. The van der Waals surface area contributed by atoms with Gasteiger partial charge in [0.2, 0.25) is 0 Å². The summed E-state index contributed by atoms with van der Waals surface area (Å²) < 4.78 is 5.86. The van der Waals surface area contributed by atoms with Gasteiger partial charge in [0.15, 0.2) is 0 Å². The van der Waals surface area contributed by atoms with Crippen LogP contribution in [0.5, 0.6) is 5.75 Å². The van der Waals surface area contributed by atoms with Crippen LogP contribution in [0.1, 0.15) is 27.1 Å². The van der Waals surface area contributed by atoms with Crippen LogP contribution in [0, 0.1) is 27.7 Å². The van der Waals surface area contributed by atoms with Crippen molar-refractivity contribution in [1.29, 1.82) is 0 Å². The molecule has 0 spiro atoms. The van der Waals surface area contributed by atoms with Gasteiger partial charge in [0.1, 0.15) is 18.1 Å². The Morgan fingerprint density at radius 3 is 2.38 bits per heavy atom. The normalized spacial score (nSPS) is 13.8. The zero-order valence-electron chi connectivity index (χ0n) is 18.7. The monoisotopic (exact) mass is 446 g/mol. The van der Waals surface area contributed by atoms with Crippen molar-refractivity contribution in [3.8, 4) is 5.75 Å². The van der Waals surface area contributed by atoms with Crippen molar-refractivity contribution in [2.24, 2.45) is 0 Å². The van der Waals surface area contributed by atoms with Crippen molar-refractivity contribution in [2.75, 3.05) is 18.5 Å². The smallest absolute Gasteiger partial charge is 0.278 e. The predicted molar refractivity (Wildman–Crippen MR) is 129 cm³/mol. The molecule has 0 saturated carbocycles. The van der Waals surface area contributed by atoms with Gasteiger partial charge in [0.05, 0.1) is 12.1 Å². The molecule has 1 aliphatic heterocycles. The van der Waals surface area contributed by atoms with Gasteiger partial charge < -0.3 is 10.1 Å². The third-order valence-corrected chi connectivity index (χ3v) is 6.47. The van der Waals surface area contributed by atoms with E-state index in [4.69, 9.17) is 4.74 Å². The minimum atomic E-state index is -0.330. The molecule has 164 valence electrons. The number of thiophene rings is 1. The van der Waals surface area contributed by atoms with Crippen LogP contribution in [0.4, 0.5) is 5.69 Å². The minimum absolute atomic E-state index is 0.178. The van der Waals surface area contributed by atoms with E-state index in [1.54, 1.807) is 0 Å². The maximum Gasteiger partial charge on any atom is 0.278 e. The lowest BCUT2D eigenvalue weighted by Gasteiger charge is -2.17. The van der Waals surface area contributed by atoms with Crippen LogP contribution >= 0.6 is 11.3 Å². The molecule has 0 radical (unpaired) electrons. The summed E-state index contributed by atoms with van der Waals surface area (Å²) in [6.07, 6.45) is 0.